The average molecular weight is 352 g/mol. The summed E-state index contributed by atoms with van der Waals surface area (Å²) in [4.78, 5) is 10.5. The monoisotopic (exact) mass is 351 g/mol. The molecule has 0 bridgehead atoms. The van der Waals surface area contributed by atoms with Crippen molar-refractivity contribution in [1.82, 2.24) is 14.9 Å². The molecule has 3 heterocycles. The van der Waals surface area contributed by atoms with Crippen LogP contribution in [0.5, 0.6) is 0 Å². The van der Waals surface area contributed by atoms with Crippen LogP contribution in [0, 0.1) is 0 Å². The van der Waals surface area contributed by atoms with Crippen molar-refractivity contribution in [2.75, 3.05) is 13.1 Å². The summed E-state index contributed by atoms with van der Waals surface area (Å²) in [7, 11) is 0. The Balaban J connectivity index is 1.44. The number of H-pyrrole nitrogens is 1. The van der Waals surface area contributed by atoms with Crippen molar-refractivity contribution in [3.05, 3.63) is 64.9 Å². The normalized spacial score (nSPS) is 23.0. The third kappa shape index (κ3) is 2.41. The van der Waals surface area contributed by atoms with Crippen LogP contribution in [0.4, 0.5) is 0 Å². The molecule has 3 aromatic rings. The van der Waals surface area contributed by atoms with Crippen molar-refractivity contribution in [2.45, 2.75) is 37.1 Å². The number of halogens is 1. The largest absolute Gasteiger partial charge is 0.346 e. The summed E-state index contributed by atoms with van der Waals surface area (Å²) in [5, 5.41) is 2.10. The molecule has 3 nitrogen and oxygen atoms in total. The van der Waals surface area contributed by atoms with Crippen LogP contribution < -0.4 is 0 Å². The number of fused-ring (bicyclic) bond motifs is 1. The lowest BCUT2D eigenvalue weighted by atomic mass is 9.70. The number of aromatic amines is 1. The van der Waals surface area contributed by atoms with Gasteiger partial charge in [0.2, 0.25) is 0 Å². The molecule has 1 saturated heterocycles. The van der Waals surface area contributed by atoms with Crippen molar-refractivity contribution >= 4 is 22.6 Å². The predicted molar refractivity (Wildman–Crippen MR) is 102 cm³/mol. The van der Waals surface area contributed by atoms with Crippen molar-refractivity contribution in [3.63, 3.8) is 0 Å². The van der Waals surface area contributed by atoms with E-state index in [4.69, 9.17) is 11.6 Å². The number of nitrogens with one attached hydrogen (secondary N) is 1. The van der Waals surface area contributed by atoms with Crippen LogP contribution in [0.1, 0.15) is 42.7 Å². The van der Waals surface area contributed by atoms with Gasteiger partial charge in [-0.25, -0.2) is 4.98 Å². The van der Waals surface area contributed by atoms with Crippen LogP contribution in [0.3, 0.4) is 0 Å². The maximum absolute atomic E-state index is 6.11. The molecule has 2 fully saturated rings. The zero-order valence-electron chi connectivity index (χ0n) is 14.2. The van der Waals surface area contributed by atoms with E-state index < -0.39 is 0 Å². The molecular weight excluding hydrogens is 330 g/mol. The number of hydrogen-bond donors (Lipinski definition) is 1. The maximum Gasteiger partial charge on any atom is 0.137 e. The highest BCUT2D eigenvalue weighted by Gasteiger charge is 2.46. The first kappa shape index (κ1) is 15.4. The fraction of sp³-hybridized carbons (Fsp3) is 0.381. The minimum atomic E-state index is 0.226. The van der Waals surface area contributed by atoms with Gasteiger partial charge in [0.05, 0.1) is 0 Å². The number of hydrogen-bond acceptors (Lipinski definition) is 2. The number of nitrogens with zero attached hydrogens (tertiary/aromatic N) is 2. The second kappa shape index (κ2) is 5.86. The van der Waals surface area contributed by atoms with Gasteiger partial charge in [0.1, 0.15) is 5.65 Å². The molecule has 1 unspecified atom stereocenters. The molecular formula is C21H22ClN3. The highest BCUT2D eigenvalue weighted by atomic mass is 35.5. The topological polar surface area (TPSA) is 31.9 Å². The molecule has 4 heteroatoms. The standard InChI is InChI=1S/C21H22ClN3/c22-17-6-4-16(5-7-17)21(9-2-10-21)25-12-8-15(14-25)19-13-24-20-18(19)3-1-11-23-20/h1,3-7,11,13,15H,2,8-10,12,14H2,(H,23,24). The van der Waals surface area contributed by atoms with Crippen molar-refractivity contribution in [1.29, 1.82) is 0 Å². The molecule has 5 rings (SSSR count). The van der Waals surface area contributed by atoms with Gasteiger partial charge in [-0.05, 0) is 67.6 Å². The summed E-state index contributed by atoms with van der Waals surface area (Å²) in [5.74, 6) is 0.586. The Kier molecular flexibility index (Phi) is 3.61. The number of benzene rings is 1. The van der Waals surface area contributed by atoms with Gasteiger partial charge < -0.3 is 4.98 Å². The van der Waals surface area contributed by atoms with Crippen LogP contribution in [-0.2, 0) is 5.54 Å². The van der Waals surface area contributed by atoms with E-state index in [-0.39, 0.29) is 5.54 Å². The highest BCUT2D eigenvalue weighted by molar-refractivity contribution is 6.30. The molecule has 25 heavy (non-hydrogen) atoms. The average Bonchev–Trinajstić information content (AvgIpc) is 3.22. The Morgan fingerprint density at radius 2 is 2.00 bits per heavy atom. The fourth-order valence-corrected chi connectivity index (χ4v) is 4.90. The molecule has 0 amide bonds. The van der Waals surface area contributed by atoms with Crippen LogP contribution in [-0.4, -0.2) is 28.0 Å². The van der Waals surface area contributed by atoms with Crippen molar-refractivity contribution in [3.8, 4) is 0 Å². The molecule has 1 atom stereocenters. The van der Waals surface area contributed by atoms with Gasteiger partial charge in [0, 0.05) is 40.8 Å². The Morgan fingerprint density at radius 1 is 1.16 bits per heavy atom. The molecule has 2 aliphatic rings. The minimum Gasteiger partial charge on any atom is -0.346 e. The van der Waals surface area contributed by atoms with E-state index in [9.17, 15) is 0 Å². The molecule has 1 aliphatic carbocycles. The van der Waals surface area contributed by atoms with Gasteiger partial charge in [-0.15, -0.1) is 0 Å². The summed E-state index contributed by atoms with van der Waals surface area (Å²) in [6.45, 7) is 2.30. The summed E-state index contributed by atoms with van der Waals surface area (Å²) < 4.78 is 0. The summed E-state index contributed by atoms with van der Waals surface area (Å²) in [6, 6.07) is 12.8. The van der Waals surface area contributed by atoms with Gasteiger partial charge in [-0.3, -0.25) is 4.90 Å². The van der Waals surface area contributed by atoms with Crippen LogP contribution in [0.15, 0.2) is 48.8 Å². The van der Waals surface area contributed by atoms with Gasteiger partial charge in [0.15, 0.2) is 0 Å². The van der Waals surface area contributed by atoms with Gasteiger partial charge >= 0.3 is 0 Å². The second-order valence-corrected chi connectivity index (χ2v) is 7.90. The van der Waals surface area contributed by atoms with E-state index in [1.165, 1.54) is 48.7 Å². The lowest BCUT2D eigenvalue weighted by Gasteiger charge is -2.49. The van der Waals surface area contributed by atoms with Gasteiger partial charge in [-0.1, -0.05) is 23.7 Å². The minimum absolute atomic E-state index is 0.226. The molecule has 0 radical (unpaired) electrons. The third-order valence-electron chi connectivity index (χ3n) is 6.28. The van der Waals surface area contributed by atoms with Crippen LogP contribution >= 0.6 is 11.6 Å². The van der Waals surface area contributed by atoms with Gasteiger partial charge in [-0.2, -0.15) is 0 Å². The smallest absolute Gasteiger partial charge is 0.137 e. The Hall–Kier alpha value is -1.84. The van der Waals surface area contributed by atoms with Crippen LogP contribution in [0.2, 0.25) is 5.02 Å². The quantitative estimate of drug-likeness (QED) is 0.713. The first-order valence-electron chi connectivity index (χ1n) is 9.19. The molecule has 1 saturated carbocycles. The highest BCUT2D eigenvalue weighted by Crippen LogP contribution is 2.50. The van der Waals surface area contributed by atoms with Crippen molar-refractivity contribution < 1.29 is 0 Å². The van der Waals surface area contributed by atoms with E-state index in [0.29, 0.717) is 5.92 Å². The van der Waals surface area contributed by atoms with E-state index in [2.05, 4.69) is 39.3 Å². The Morgan fingerprint density at radius 3 is 2.76 bits per heavy atom. The molecule has 1 aromatic carbocycles. The summed E-state index contributed by atoms with van der Waals surface area (Å²) in [5.41, 5.74) is 4.09. The zero-order chi connectivity index (χ0) is 16.9. The Bertz CT molecular complexity index is 895. The molecule has 128 valence electrons. The van der Waals surface area contributed by atoms with Crippen molar-refractivity contribution in [2.24, 2.45) is 0 Å². The van der Waals surface area contributed by atoms with E-state index in [1.54, 1.807) is 0 Å². The van der Waals surface area contributed by atoms with E-state index in [0.717, 1.165) is 17.2 Å². The summed E-state index contributed by atoms with van der Waals surface area (Å²) in [6.07, 6.45) is 9.08. The lowest BCUT2D eigenvalue weighted by molar-refractivity contribution is 0.0313. The van der Waals surface area contributed by atoms with Gasteiger partial charge in [0.25, 0.3) is 0 Å². The molecule has 1 aliphatic heterocycles. The maximum atomic E-state index is 6.11. The van der Waals surface area contributed by atoms with E-state index in [1.807, 2.05) is 24.4 Å². The Labute approximate surface area is 153 Å². The summed E-state index contributed by atoms with van der Waals surface area (Å²) >= 11 is 6.11. The zero-order valence-corrected chi connectivity index (χ0v) is 15.0. The predicted octanol–water partition coefficient (Wildman–Crippen LogP) is 5.09. The molecule has 2 aromatic heterocycles. The SMILES string of the molecule is Clc1ccc(C2(N3CCC(c4c[nH]c5ncccc45)C3)CCC2)cc1. The van der Waals surface area contributed by atoms with Crippen LogP contribution in [0.25, 0.3) is 11.0 Å². The fourth-order valence-electron chi connectivity index (χ4n) is 4.78. The number of rotatable bonds is 3. The third-order valence-corrected chi connectivity index (χ3v) is 6.53. The molecule has 1 N–H and O–H groups in total. The number of pyridine rings is 1. The van der Waals surface area contributed by atoms with E-state index >= 15 is 0 Å². The molecule has 0 spiro atoms. The second-order valence-electron chi connectivity index (χ2n) is 7.47. The lowest BCUT2D eigenvalue weighted by Crippen LogP contribution is -2.49. The number of likely N-dealkylation sites (tertiary alicyclic amines) is 1. The first-order chi connectivity index (χ1) is 12.3. The number of aromatic nitrogens is 2. The first-order valence-corrected chi connectivity index (χ1v) is 9.57.